The molecule has 2 aromatic heterocycles. The van der Waals surface area contributed by atoms with Crippen LogP contribution in [-0.2, 0) is 44.9 Å². The van der Waals surface area contributed by atoms with Crippen molar-refractivity contribution in [2.45, 2.75) is 90.1 Å². The number of carbonyl (C=O) groups excluding carboxylic acids is 3. The van der Waals surface area contributed by atoms with Crippen LogP contribution in [0.15, 0.2) is 66.9 Å². The summed E-state index contributed by atoms with van der Waals surface area (Å²) in [6, 6.07) is 19.7. The number of ether oxygens (including phenoxy) is 3. The highest BCUT2D eigenvalue weighted by atomic mass is 16.5. The molecule has 312 valence electrons. The van der Waals surface area contributed by atoms with E-state index in [-0.39, 0.29) is 41.8 Å². The van der Waals surface area contributed by atoms with Crippen molar-refractivity contribution < 1.29 is 28.6 Å². The second kappa shape index (κ2) is 16.2. The molecule has 13 heteroatoms. The molecule has 4 aliphatic rings. The number of likely N-dealkylation sites (tertiary alicyclic amines) is 2. The van der Waals surface area contributed by atoms with E-state index >= 15 is 0 Å². The molecule has 0 radical (unpaired) electrons. The number of hydrogen-bond donors (Lipinski definition) is 3. The van der Waals surface area contributed by atoms with Crippen LogP contribution >= 0.6 is 0 Å². The van der Waals surface area contributed by atoms with Crippen LogP contribution in [0.25, 0.3) is 33.6 Å². The lowest BCUT2D eigenvalue weighted by Gasteiger charge is -2.32. The molecule has 0 spiro atoms. The van der Waals surface area contributed by atoms with Crippen molar-refractivity contribution in [1.82, 2.24) is 35.1 Å². The number of H-pyrrole nitrogens is 2. The quantitative estimate of drug-likeness (QED) is 0.133. The summed E-state index contributed by atoms with van der Waals surface area (Å²) in [4.78, 5) is 60.7. The number of fused-ring (bicyclic) bond motifs is 6. The molecule has 60 heavy (non-hydrogen) atoms. The second-order valence-corrected chi connectivity index (χ2v) is 17.1. The van der Waals surface area contributed by atoms with Crippen molar-refractivity contribution in [2.75, 3.05) is 27.4 Å². The topological polar surface area (TPSA) is 155 Å². The lowest BCUT2D eigenvalue weighted by atomic mass is 9.86. The van der Waals surface area contributed by atoms with E-state index in [9.17, 15) is 14.4 Å². The molecule has 0 saturated carbocycles. The molecule has 9 rings (SSSR count). The van der Waals surface area contributed by atoms with Crippen LogP contribution in [0.5, 0.6) is 5.75 Å². The lowest BCUT2D eigenvalue weighted by molar-refractivity contribution is -0.137. The molecule has 2 fully saturated rings. The maximum absolute atomic E-state index is 13.9. The van der Waals surface area contributed by atoms with Crippen molar-refractivity contribution in [2.24, 2.45) is 11.8 Å². The Bertz CT molecular complexity index is 2420. The Labute approximate surface area is 350 Å². The molecule has 3 N–H and O–H groups in total. The predicted octanol–water partition coefficient (Wildman–Crippen LogP) is 7.34. The third-order valence-corrected chi connectivity index (χ3v) is 12.8. The summed E-state index contributed by atoms with van der Waals surface area (Å²) in [6.45, 7) is 7.54. The average molecular weight is 812 g/mol. The minimum Gasteiger partial charge on any atom is -0.488 e. The minimum absolute atomic E-state index is 0.00235. The molecular weight excluding hydrogens is 759 g/mol. The molecular formula is C47H53N7O6. The van der Waals surface area contributed by atoms with Crippen molar-refractivity contribution in [3.63, 3.8) is 0 Å². The molecule has 3 aromatic carbocycles. The van der Waals surface area contributed by atoms with Gasteiger partial charge in [0.05, 0.1) is 49.8 Å². The Kier molecular flexibility index (Phi) is 10.7. The molecule has 0 unspecified atom stereocenters. The Morgan fingerprint density at radius 1 is 0.933 bits per heavy atom. The van der Waals surface area contributed by atoms with E-state index in [1.54, 1.807) is 7.11 Å². The smallest absolute Gasteiger partial charge is 0.407 e. The first kappa shape index (κ1) is 39.5. The highest BCUT2D eigenvalue weighted by molar-refractivity contribution is 5.87. The number of rotatable bonds is 10. The number of carbonyl (C=O) groups is 3. The SMILES string of the molecule is COC[C@H]1C[C@@H](c2nc3c([nH]2)CCc2cc4c(cc2-3)OCc2cc(-c3cnc([C@@H]5CC[C@H](C)N5C(=O)[C@@H](NC(=O)OC)C(C)C)[nH]3)ccc2-4)N(C(=O)Cc2ccccc2)C1. The fraction of sp³-hybridized carbons (Fsp3) is 0.426. The summed E-state index contributed by atoms with van der Waals surface area (Å²) in [6.07, 6.45) is 5.67. The van der Waals surface area contributed by atoms with Crippen LogP contribution in [0.4, 0.5) is 4.79 Å². The van der Waals surface area contributed by atoms with E-state index in [4.69, 9.17) is 24.2 Å². The highest BCUT2D eigenvalue weighted by Gasteiger charge is 2.42. The minimum atomic E-state index is -0.706. The fourth-order valence-corrected chi connectivity index (χ4v) is 9.75. The number of amides is 3. The van der Waals surface area contributed by atoms with E-state index in [2.05, 4.69) is 45.6 Å². The predicted molar refractivity (Wildman–Crippen MR) is 226 cm³/mol. The molecule has 13 nitrogen and oxygen atoms in total. The van der Waals surface area contributed by atoms with Gasteiger partial charge in [-0.25, -0.2) is 14.8 Å². The largest absolute Gasteiger partial charge is 0.488 e. The molecule has 2 saturated heterocycles. The summed E-state index contributed by atoms with van der Waals surface area (Å²) >= 11 is 0. The van der Waals surface area contributed by atoms with Gasteiger partial charge in [0.15, 0.2) is 0 Å². The van der Waals surface area contributed by atoms with Crippen molar-refractivity contribution in [3.8, 4) is 39.4 Å². The number of nitrogens with zero attached hydrogens (tertiary/aromatic N) is 4. The first-order valence-corrected chi connectivity index (χ1v) is 21.2. The van der Waals surface area contributed by atoms with Gasteiger partial charge in [0, 0.05) is 42.4 Å². The van der Waals surface area contributed by atoms with E-state index in [1.165, 1.54) is 12.7 Å². The van der Waals surface area contributed by atoms with Crippen molar-refractivity contribution in [3.05, 3.63) is 101 Å². The first-order valence-electron chi connectivity index (χ1n) is 21.2. The third-order valence-electron chi connectivity index (χ3n) is 12.8. The summed E-state index contributed by atoms with van der Waals surface area (Å²) in [5.41, 5.74) is 10.5. The molecule has 5 atom stereocenters. The van der Waals surface area contributed by atoms with Crippen molar-refractivity contribution >= 4 is 17.9 Å². The molecule has 3 aliphatic heterocycles. The van der Waals surface area contributed by atoms with Crippen molar-refractivity contribution in [1.29, 1.82) is 0 Å². The molecule has 3 amide bonds. The van der Waals surface area contributed by atoms with Gasteiger partial charge >= 0.3 is 6.09 Å². The number of methoxy groups -OCH3 is 2. The number of imidazole rings is 2. The average Bonchev–Trinajstić information content (AvgIpc) is 4.08. The standard InChI is InChI=1S/C47H53N7O6/c1-26(2)42(52-47(57)59-5)46(56)54-27(3)11-16-38(54)44-48-22-37(50-44)31-12-14-33-32(19-31)25-60-40-21-34-30(20-35(33)40)13-15-36-43(34)51-45(49-36)39-17-29(24-58-4)23-53(39)41(55)18-28-9-7-6-8-10-28/h6-10,12,14,19-22,26-27,29,38-39,42H,11,13,15-18,23-25H2,1-5H3,(H,48,50)(H,49,51)(H,52,57)/t27-,29-,38-,39-,42-/m0/s1. The molecule has 5 aromatic rings. The number of hydrogen-bond acceptors (Lipinski definition) is 8. The van der Waals surface area contributed by atoms with Crippen LogP contribution in [-0.4, -0.2) is 87.1 Å². The normalized spacial score (nSPS) is 20.8. The van der Waals surface area contributed by atoms with Crippen LogP contribution in [0.3, 0.4) is 0 Å². The zero-order chi connectivity index (χ0) is 41.7. The van der Waals surface area contributed by atoms with Gasteiger partial charge in [-0.1, -0.05) is 56.3 Å². The van der Waals surface area contributed by atoms with Gasteiger partial charge in [-0.15, -0.1) is 0 Å². The molecule has 5 heterocycles. The number of alkyl carbamates (subject to hydrolysis) is 1. The number of nitrogens with one attached hydrogen (secondary N) is 3. The Hall–Kier alpha value is -5.95. The van der Waals surface area contributed by atoms with E-state index in [1.807, 2.05) is 67.1 Å². The zero-order valence-corrected chi connectivity index (χ0v) is 34.9. The van der Waals surface area contributed by atoms with E-state index in [0.29, 0.717) is 26.2 Å². The van der Waals surface area contributed by atoms with E-state index in [0.717, 1.165) is 100.0 Å². The first-order chi connectivity index (χ1) is 29.1. The van der Waals surface area contributed by atoms with Gasteiger partial charge in [0.1, 0.15) is 30.0 Å². The number of benzene rings is 3. The number of aryl methyl sites for hydroxylation is 2. The molecule has 0 bridgehead atoms. The fourth-order valence-electron chi connectivity index (χ4n) is 9.75. The van der Waals surface area contributed by atoms with E-state index < -0.39 is 12.1 Å². The van der Waals surface area contributed by atoms with Gasteiger partial charge in [-0.3, -0.25) is 9.59 Å². The number of aromatic amines is 2. The Morgan fingerprint density at radius 3 is 2.55 bits per heavy atom. The van der Waals surface area contributed by atoms with Crippen LogP contribution in [0.1, 0.15) is 86.2 Å². The number of aromatic nitrogens is 4. The highest BCUT2D eigenvalue weighted by Crippen LogP contribution is 2.46. The molecule has 1 aliphatic carbocycles. The summed E-state index contributed by atoms with van der Waals surface area (Å²) in [5, 5.41) is 2.74. The second-order valence-electron chi connectivity index (χ2n) is 17.1. The van der Waals surface area contributed by atoms with Gasteiger partial charge in [0.2, 0.25) is 11.8 Å². The van der Waals surface area contributed by atoms with Gasteiger partial charge < -0.3 is 39.3 Å². The Morgan fingerprint density at radius 2 is 1.77 bits per heavy atom. The van der Waals surface area contributed by atoms with Crippen LogP contribution in [0, 0.1) is 11.8 Å². The lowest BCUT2D eigenvalue weighted by Crippen LogP contribution is -2.52. The van der Waals surface area contributed by atoms with Crippen LogP contribution in [0.2, 0.25) is 0 Å². The van der Waals surface area contributed by atoms with Crippen LogP contribution < -0.4 is 10.1 Å². The summed E-state index contributed by atoms with van der Waals surface area (Å²) in [5.74, 6) is 2.48. The monoisotopic (exact) mass is 811 g/mol. The maximum Gasteiger partial charge on any atom is 0.407 e. The Balaban J connectivity index is 0.947. The summed E-state index contributed by atoms with van der Waals surface area (Å²) in [7, 11) is 3.02. The maximum atomic E-state index is 13.9. The zero-order valence-electron chi connectivity index (χ0n) is 34.9. The summed E-state index contributed by atoms with van der Waals surface area (Å²) < 4.78 is 16.8. The van der Waals surface area contributed by atoms with Gasteiger partial charge in [0.25, 0.3) is 0 Å². The third kappa shape index (κ3) is 7.33. The van der Waals surface area contributed by atoms with Gasteiger partial charge in [-0.2, -0.15) is 0 Å². The van der Waals surface area contributed by atoms with Gasteiger partial charge in [-0.05, 0) is 91.0 Å².